The summed E-state index contributed by atoms with van der Waals surface area (Å²) in [6.45, 7) is 3.11. The summed E-state index contributed by atoms with van der Waals surface area (Å²) in [4.78, 5) is 40.3. The van der Waals surface area contributed by atoms with Gasteiger partial charge >= 0.3 is 11.7 Å². The van der Waals surface area contributed by atoms with Crippen molar-refractivity contribution in [3.05, 3.63) is 32.2 Å². The van der Waals surface area contributed by atoms with Gasteiger partial charge in [-0.2, -0.15) is 5.10 Å². The molecule has 2 aromatic rings. The van der Waals surface area contributed by atoms with Gasteiger partial charge in [0.1, 0.15) is 17.2 Å². The molecule has 0 fully saturated rings. The van der Waals surface area contributed by atoms with E-state index in [2.05, 4.69) is 10.2 Å². The van der Waals surface area contributed by atoms with Crippen molar-refractivity contribution in [2.24, 2.45) is 19.8 Å². The quantitative estimate of drug-likeness (QED) is 0.331. The van der Waals surface area contributed by atoms with Crippen LogP contribution in [0.3, 0.4) is 0 Å². The van der Waals surface area contributed by atoms with Gasteiger partial charge in [0.05, 0.1) is 24.6 Å². The number of hydrogen-bond acceptors (Lipinski definition) is 9. The smallest absolute Gasteiger partial charge is 0.358 e. The molecule has 0 saturated carbocycles. The molecule has 170 valence electrons. The van der Waals surface area contributed by atoms with E-state index >= 15 is 0 Å². The first kappa shape index (κ1) is 22.5. The first-order valence-electron chi connectivity index (χ1n) is 9.68. The predicted molar refractivity (Wildman–Crippen MR) is 112 cm³/mol. The Bertz CT molecular complexity index is 1120. The summed E-state index contributed by atoms with van der Waals surface area (Å²) in [5.41, 5.74) is 5.32. The topological polar surface area (TPSA) is 183 Å². The Kier molecular flexibility index (Phi) is 5.93. The molecule has 3 atom stereocenters. The summed E-state index contributed by atoms with van der Waals surface area (Å²) in [5, 5.41) is 36.1. The van der Waals surface area contributed by atoms with Crippen LogP contribution in [0.25, 0.3) is 0 Å². The van der Waals surface area contributed by atoms with Crippen LogP contribution in [0, 0.1) is 6.92 Å². The van der Waals surface area contributed by atoms with E-state index in [0.717, 1.165) is 4.57 Å². The summed E-state index contributed by atoms with van der Waals surface area (Å²) in [6.07, 6.45) is -1.65. The lowest BCUT2D eigenvalue weighted by Gasteiger charge is -2.27. The van der Waals surface area contributed by atoms with Crippen LogP contribution in [0.2, 0.25) is 0 Å². The van der Waals surface area contributed by atoms with Crippen molar-refractivity contribution in [1.29, 1.82) is 0 Å². The monoisotopic (exact) mass is 437 g/mol. The molecule has 2 aromatic heterocycles. The van der Waals surface area contributed by atoms with Crippen LogP contribution in [0.4, 0.5) is 17.2 Å². The largest absolute Gasteiger partial charge is 0.476 e. The van der Waals surface area contributed by atoms with E-state index in [1.165, 1.54) is 23.6 Å². The van der Waals surface area contributed by atoms with Gasteiger partial charge in [0.25, 0.3) is 5.56 Å². The summed E-state index contributed by atoms with van der Waals surface area (Å²) in [5.74, 6) is -1.08. The van der Waals surface area contributed by atoms with E-state index < -0.39 is 35.5 Å². The molecule has 6 N–H and O–H groups in total. The number of nitrogens with zero attached hydrogens (tertiary/aromatic N) is 5. The number of β-amino-alcohol motifs (C(OH)–C–C–N with tert-alkyl or cyclic N) is 1. The highest BCUT2D eigenvalue weighted by Crippen LogP contribution is 2.39. The molecule has 0 amide bonds. The Balaban J connectivity index is 2.14. The number of aromatic nitrogens is 4. The average Bonchev–Trinajstić information content (AvgIpc) is 3.24. The number of hydrogen-bond donors (Lipinski definition) is 5. The summed E-state index contributed by atoms with van der Waals surface area (Å²) < 4.78 is 2.19. The minimum Gasteiger partial charge on any atom is -0.476 e. The number of aliphatic hydroxyl groups is 2. The molecule has 0 bridgehead atoms. The SMILES string of the molecule is Cc1[nH]nc(C(=O)O)c1N1CN(CC(O)C(N)CC(C)O)c2c1n(C)c(=O)n(C)c2=O. The fourth-order valence-corrected chi connectivity index (χ4v) is 3.85. The molecule has 3 heterocycles. The van der Waals surface area contributed by atoms with Crippen LogP contribution >= 0.6 is 0 Å². The molecule has 13 nitrogen and oxygen atoms in total. The second kappa shape index (κ2) is 8.17. The van der Waals surface area contributed by atoms with Crippen LogP contribution in [0.15, 0.2) is 9.59 Å². The minimum absolute atomic E-state index is 0.0129. The van der Waals surface area contributed by atoms with Gasteiger partial charge in [0.15, 0.2) is 5.69 Å². The fourth-order valence-electron chi connectivity index (χ4n) is 3.85. The molecule has 31 heavy (non-hydrogen) atoms. The first-order valence-corrected chi connectivity index (χ1v) is 9.68. The number of anilines is 3. The van der Waals surface area contributed by atoms with Crippen molar-refractivity contribution in [2.75, 3.05) is 23.0 Å². The minimum atomic E-state index is -1.27. The van der Waals surface area contributed by atoms with Crippen LogP contribution in [-0.2, 0) is 14.1 Å². The molecule has 0 aliphatic carbocycles. The number of nitrogens with two attached hydrogens (primary N) is 1. The number of carboxylic acids is 1. The lowest BCUT2D eigenvalue weighted by atomic mass is 10.1. The van der Waals surface area contributed by atoms with Crippen molar-refractivity contribution >= 4 is 23.2 Å². The molecule has 3 rings (SSSR count). The molecular formula is C18H27N7O6. The summed E-state index contributed by atoms with van der Waals surface area (Å²) >= 11 is 0. The van der Waals surface area contributed by atoms with Crippen LogP contribution in [0.5, 0.6) is 0 Å². The Labute approximate surface area is 176 Å². The maximum Gasteiger partial charge on any atom is 0.358 e. The van der Waals surface area contributed by atoms with E-state index in [1.54, 1.807) is 18.7 Å². The predicted octanol–water partition coefficient (Wildman–Crippen LogP) is -1.81. The van der Waals surface area contributed by atoms with Crippen molar-refractivity contribution in [3.63, 3.8) is 0 Å². The Morgan fingerprint density at radius 2 is 1.87 bits per heavy atom. The number of fused-ring (bicyclic) bond motifs is 1. The van der Waals surface area contributed by atoms with Gasteiger partial charge in [-0.05, 0) is 20.3 Å². The molecule has 0 aromatic carbocycles. The number of nitrogens with one attached hydrogen (secondary N) is 1. The molecule has 0 radical (unpaired) electrons. The van der Waals surface area contributed by atoms with E-state index in [4.69, 9.17) is 5.73 Å². The fraction of sp³-hybridized carbons (Fsp3) is 0.556. The number of carbonyl (C=O) groups is 1. The molecular weight excluding hydrogens is 410 g/mol. The Hall–Kier alpha value is -3.16. The van der Waals surface area contributed by atoms with Gasteiger partial charge in [-0.1, -0.05) is 0 Å². The second-order valence-corrected chi connectivity index (χ2v) is 7.84. The normalized spacial score (nSPS) is 16.4. The number of aliphatic hydroxyl groups excluding tert-OH is 2. The summed E-state index contributed by atoms with van der Waals surface area (Å²) in [6, 6.07) is -0.751. The van der Waals surface area contributed by atoms with E-state index in [0.29, 0.717) is 5.69 Å². The lowest BCUT2D eigenvalue weighted by molar-refractivity contribution is 0.0691. The number of aryl methyl sites for hydroxylation is 1. The number of carboxylic acid groups (broad SMARTS) is 1. The third-order valence-corrected chi connectivity index (χ3v) is 5.40. The zero-order valence-corrected chi connectivity index (χ0v) is 17.7. The first-order chi connectivity index (χ1) is 14.5. The molecule has 1 aliphatic heterocycles. The molecule has 3 unspecified atom stereocenters. The highest BCUT2D eigenvalue weighted by atomic mass is 16.4. The molecule has 0 saturated heterocycles. The van der Waals surface area contributed by atoms with Crippen LogP contribution in [-0.4, -0.2) is 72.1 Å². The van der Waals surface area contributed by atoms with Gasteiger partial charge in [-0.3, -0.25) is 19.0 Å². The highest BCUT2D eigenvalue weighted by molar-refractivity contribution is 5.95. The molecule has 13 heteroatoms. The van der Waals surface area contributed by atoms with Gasteiger partial charge in [-0.15, -0.1) is 0 Å². The van der Waals surface area contributed by atoms with Crippen molar-refractivity contribution in [3.8, 4) is 0 Å². The van der Waals surface area contributed by atoms with Gasteiger partial charge in [0, 0.05) is 26.7 Å². The van der Waals surface area contributed by atoms with Gasteiger partial charge in [-0.25, -0.2) is 9.59 Å². The number of aromatic carboxylic acids is 1. The maximum atomic E-state index is 13.0. The Morgan fingerprint density at radius 3 is 2.45 bits per heavy atom. The third-order valence-electron chi connectivity index (χ3n) is 5.40. The van der Waals surface area contributed by atoms with E-state index in [1.807, 2.05) is 0 Å². The van der Waals surface area contributed by atoms with E-state index in [9.17, 15) is 29.7 Å². The van der Waals surface area contributed by atoms with Crippen molar-refractivity contribution in [1.82, 2.24) is 19.3 Å². The average molecular weight is 437 g/mol. The summed E-state index contributed by atoms with van der Waals surface area (Å²) in [7, 11) is 2.82. The molecule has 1 aliphatic rings. The molecule has 0 spiro atoms. The zero-order chi connectivity index (χ0) is 23.2. The highest BCUT2D eigenvalue weighted by Gasteiger charge is 2.38. The number of rotatable bonds is 7. The lowest BCUT2D eigenvalue weighted by Crippen LogP contribution is -2.46. The number of aromatic amines is 1. The van der Waals surface area contributed by atoms with Crippen molar-refractivity contribution < 1.29 is 20.1 Å². The van der Waals surface area contributed by atoms with Gasteiger partial charge < -0.3 is 30.9 Å². The third kappa shape index (κ3) is 3.82. The van der Waals surface area contributed by atoms with Crippen LogP contribution in [0.1, 0.15) is 29.5 Å². The number of H-pyrrole nitrogens is 1. The zero-order valence-electron chi connectivity index (χ0n) is 17.7. The van der Waals surface area contributed by atoms with E-state index in [-0.39, 0.29) is 42.5 Å². The van der Waals surface area contributed by atoms with Crippen LogP contribution < -0.4 is 26.8 Å². The standard InChI is InChI=1S/C18H27N7O6/c1-8(26)5-10(19)11(27)6-24-7-25(13-9(2)20-21-12(13)17(29)30)15-14(24)16(28)23(4)18(31)22(15)3/h8,10-11,26-27H,5-7,19H2,1-4H3,(H,20,21)(H,29,30). The maximum absolute atomic E-state index is 13.0. The van der Waals surface area contributed by atoms with Crippen molar-refractivity contribution in [2.45, 2.75) is 38.5 Å². The second-order valence-electron chi connectivity index (χ2n) is 7.84. The Morgan fingerprint density at radius 1 is 1.23 bits per heavy atom. The van der Waals surface area contributed by atoms with Gasteiger partial charge in [0.2, 0.25) is 0 Å².